The normalized spacial score (nSPS) is 17.5. The van der Waals surface area contributed by atoms with E-state index in [1.54, 1.807) is 12.3 Å². The van der Waals surface area contributed by atoms with Crippen molar-refractivity contribution in [2.75, 3.05) is 18.5 Å². The number of hydrogen-bond acceptors (Lipinski definition) is 4. The maximum atomic E-state index is 12.7. The van der Waals surface area contributed by atoms with Crippen molar-refractivity contribution in [2.45, 2.75) is 58.0 Å². The first-order chi connectivity index (χ1) is 10.7. The van der Waals surface area contributed by atoms with Crippen LogP contribution in [0.3, 0.4) is 0 Å². The number of carbonyl (C=O) groups is 1. The molecule has 1 heterocycles. The maximum absolute atomic E-state index is 12.7. The average Bonchev–Trinajstić information content (AvgIpc) is 2.76. The Bertz CT molecular complexity index is 465. The zero-order chi connectivity index (χ0) is 15.8. The second-order valence-corrected chi connectivity index (χ2v) is 5.61. The third-order valence-corrected chi connectivity index (χ3v) is 4.03. The topological polar surface area (TPSA) is 60.5 Å². The van der Waals surface area contributed by atoms with E-state index >= 15 is 0 Å². The van der Waals surface area contributed by atoms with Gasteiger partial charge in [-0.25, -0.2) is 4.98 Å². The summed E-state index contributed by atoms with van der Waals surface area (Å²) in [7, 11) is 0. The first-order valence-corrected chi connectivity index (χ1v) is 8.24. The van der Waals surface area contributed by atoms with Gasteiger partial charge in [0.15, 0.2) is 0 Å². The van der Waals surface area contributed by atoms with Crippen molar-refractivity contribution in [3.8, 4) is 5.88 Å². The van der Waals surface area contributed by atoms with Crippen LogP contribution in [0.1, 0.15) is 52.4 Å². The fourth-order valence-corrected chi connectivity index (χ4v) is 2.95. The number of amides is 1. The van der Waals surface area contributed by atoms with Gasteiger partial charge in [0.1, 0.15) is 5.60 Å². The molecule has 0 bridgehead atoms. The molecule has 2 rings (SSSR count). The molecule has 5 nitrogen and oxygen atoms in total. The van der Waals surface area contributed by atoms with Crippen molar-refractivity contribution in [3.05, 3.63) is 18.3 Å². The lowest BCUT2D eigenvalue weighted by molar-refractivity contribution is -0.143. The molecule has 0 aliphatic heterocycles. The maximum Gasteiger partial charge on any atom is 0.256 e. The minimum absolute atomic E-state index is 0.0535. The molecule has 1 aromatic heterocycles. The van der Waals surface area contributed by atoms with E-state index in [0.717, 1.165) is 25.7 Å². The van der Waals surface area contributed by atoms with Crippen LogP contribution < -0.4 is 10.1 Å². The number of rotatable bonds is 6. The minimum atomic E-state index is -0.691. The van der Waals surface area contributed by atoms with Crippen LogP contribution in [0.15, 0.2) is 18.3 Å². The summed E-state index contributed by atoms with van der Waals surface area (Å²) in [4.78, 5) is 16.9. The summed E-state index contributed by atoms with van der Waals surface area (Å²) in [5, 5.41) is 2.95. The predicted octanol–water partition coefficient (Wildman–Crippen LogP) is 3.55. The highest BCUT2D eigenvalue weighted by atomic mass is 16.5. The molecule has 0 unspecified atom stereocenters. The Kier molecular flexibility index (Phi) is 6.19. The van der Waals surface area contributed by atoms with Crippen molar-refractivity contribution >= 4 is 11.6 Å². The minimum Gasteiger partial charge on any atom is -0.478 e. The summed E-state index contributed by atoms with van der Waals surface area (Å²) in [6.45, 7) is 4.98. The van der Waals surface area contributed by atoms with E-state index in [0.29, 0.717) is 24.8 Å². The third-order valence-electron chi connectivity index (χ3n) is 4.03. The van der Waals surface area contributed by atoms with Gasteiger partial charge in [0.05, 0.1) is 18.5 Å². The molecule has 0 radical (unpaired) electrons. The molecule has 0 spiro atoms. The van der Waals surface area contributed by atoms with Crippen LogP contribution in [-0.2, 0) is 9.53 Å². The lowest BCUT2D eigenvalue weighted by Crippen LogP contribution is -2.45. The van der Waals surface area contributed by atoms with E-state index in [4.69, 9.17) is 9.47 Å². The second-order valence-electron chi connectivity index (χ2n) is 5.61. The summed E-state index contributed by atoms with van der Waals surface area (Å²) in [6.07, 6.45) is 7.62. The van der Waals surface area contributed by atoms with Crippen molar-refractivity contribution < 1.29 is 14.3 Å². The smallest absolute Gasteiger partial charge is 0.256 e. The Morgan fingerprint density at radius 2 is 1.91 bits per heavy atom. The largest absolute Gasteiger partial charge is 0.478 e. The summed E-state index contributed by atoms with van der Waals surface area (Å²) in [5.74, 6) is 0.511. The number of nitrogens with zero attached hydrogens (tertiary/aromatic N) is 1. The van der Waals surface area contributed by atoms with Gasteiger partial charge in [0.25, 0.3) is 5.91 Å². The zero-order valence-electron chi connectivity index (χ0n) is 13.6. The van der Waals surface area contributed by atoms with Gasteiger partial charge in [-0.05, 0) is 32.8 Å². The molecular weight excluding hydrogens is 280 g/mol. The lowest BCUT2D eigenvalue weighted by Gasteiger charge is -2.31. The van der Waals surface area contributed by atoms with Crippen LogP contribution in [0.25, 0.3) is 0 Å². The van der Waals surface area contributed by atoms with Crippen LogP contribution in [-0.4, -0.2) is 29.7 Å². The van der Waals surface area contributed by atoms with E-state index in [2.05, 4.69) is 10.3 Å². The fourth-order valence-electron chi connectivity index (χ4n) is 2.95. The van der Waals surface area contributed by atoms with Crippen molar-refractivity contribution in [3.63, 3.8) is 0 Å². The van der Waals surface area contributed by atoms with Crippen LogP contribution in [0.2, 0.25) is 0 Å². The standard InChI is InChI=1S/C17H26N2O3/c1-3-21-15-10-9-14(13-18-15)19-16(20)17(22-4-2)11-7-5-6-8-12-17/h9-10,13H,3-8,11-12H2,1-2H3,(H,19,20). The molecule has 0 atom stereocenters. The van der Waals surface area contributed by atoms with Gasteiger partial charge in [-0.2, -0.15) is 0 Å². The Morgan fingerprint density at radius 3 is 2.45 bits per heavy atom. The molecule has 1 N–H and O–H groups in total. The van der Waals surface area contributed by atoms with Crippen LogP contribution in [0.5, 0.6) is 5.88 Å². The SMILES string of the molecule is CCOc1ccc(NC(=O)C2(OCC)CCCCCC2)cn1. The molecule has 1 amide bonds. The van der Waals surface area contributed by atoms with Gasteiger partial charge in [-0.3, -0.25) is 4.79 Å². The monoisotopic (exact) mass is 306 g/mol. The Morgan fingerprint density at radius 1 is 1.18 bits per heavy atom. The summed E-state index contributed by atoms with van der Waals surface area (Å²) in [5.41, 5.74) is -0.0131. The molecule has 1 saturated carbocycles. The fraction of sp³-hybridized carbons (Fsp3) is 0.647. The molecule has 1 aliphatic carbocycles. The average molecular weight is 306 g/mol. The molecule has 1 aromatic rings. The number of aromatic nitrogens is 1. The highest BCUT2D eigenvalue weighted by Crippen LogP contribution is 2.32. The molecule has 5 heteroatoms. The van der Waals surface area contributed by atoms with E-state index in [9.17, 15) is 4.79 Å². The van der Waals surface area contributed by atoms with Gasteiger partial charge in [0.2, 0.25) is 5.88 Å². The Hall–Kier alpha value is -1.62. The molecule has 0 saturated heterocycles. The van der Waals surface area contributed by atoms with Crippen LogP contribution in [0.4, 0.5) is 5.69 Å². The highest BCUT2D eigenvalue weighted by molar-refractivity contribution is 5.97. The van der Waals surface area contributed by atoms with Gasteiger partial charge in [-0.1, -0.05) is 25.7 Å². The molecule has 1 fully saturated rings. The first kappa shape index (κ1) is 16.7. The van der Waals surface area contributed by atoms with Gasteiger partial charge in [-0.15, -0.1) is 0 Å². The van der Waals surface area contributed by atoms with Gasteiger partial charge in [0, 0.05) is 12.7 Å². The second kappa shape index (κ2) is 8.13. The zero-order valence-corrected chi connectivity index (χ0v) is 13.6. The third kappa shape index (κ3) is 4.19. The van der Waals surface area contributed by atoms with Crippen LogP contribution in [0, 0.1) is 0 Å². The predicted molar refractivity (Wildman–Crippen MR) is 86.1 cm³/mol. The van der Waals surface area contributed by atoms with Gasteiger partial charge < -0.3 is 14.8 Å². The molecule has 1 aliphatic rings. The number of anilines is 1. The highest BCUT2D eigenvalue weighted by Gasteiger charge is 2.39. The van der Waals surface area contributed by atoms with E-state index in [1.165, 1.54) is 12.8 Å². The summed E-state index contributed by atoms with van der Waals surface area (Å²) < 4.78 is 11.2. The lowest BCUT2D eigenvalue weighted by atomic mass is 9.93. The molecule has 22 heavy (non-hydrogen) atoms. The Labute approximate surface area is 132 Å². The quantitative estimate of drug-likeness (QED) is 0.817. The van der Waals surface area contributed by atoms with Gasteiger partial charge >= 0.3 is 0 Å². The number of nitrogens with one attached hydrogen (secondary N) is 1. The van der Waals surface area contributed by atoms with E-state index < -0.39 is 5.60 Å². The van der Waals surface area contributed by atoms with E-state index in [-0.39, 0.29) is 5.91 Å². The number of hydrogen-bond donors (Lipinski definition) is 1. The molecule has 122 valence electrons. The van der Waals surface area contributed by atoms with E-state index in [1.807, 2.05) is 19.9 Å². The molecule has 0 aromatic carbocycles. The van der Waals surface area contributed by atoms with Crippen LogP contribution >= 0.6 is 0 Å². The summed E-state index contributed by atoms with van der Waals surface area (Å²) >= 11 is 0. The number of carbonyl (C=O) groups excluding carboxylic acids is 1. The Balaban J connectivity index is 2.06. The van der Waals surface area contributed by atoms with Crippen molar-refractivity contribution in [1.29, 1.82) is 0 Å². The van der Waals surface area contributed by atoms with Crippen molar-refractivity contribution in [2.24, 2.45) is 0 Å². The summed E-state index contributed by atoms with van der Waals surface area (Å²) in [6, 6.07) is 3.58. The number of pyridine rings is 1. The van der Waals surface area contributed by atoms with Crippen molar-refractivity contribution in [1.82, 2.24) is 4.98 Å². The molecular formula is C17H26N2O3. The number of ether oxygens (including phenoxy) is 2. The first-order valence-electron chi connectivity index (χ1n) is 8.24.